The molecule has 1 unspecified atom stereocenters. The Kier molecular flexibility index (Phi) is 3.83. The maximum Gasteiger partial charge on any atom is 0.263 e. The number of thiophene rings is 1. The molecule has 1 N–H and O–H groups in total. The third kappa shape index (κ3) is 2.41. The third-order valence-electron chi connectivity index (χ3n) is 2.88. The van der Waals surface area contributed by atoms with Gasteiger partial charge in [-0.3, -0.25) is 9.36 Å². The summed E-state index contributed by atoms with van der Waals surface area (Å²) in [7, 11) is 0. The van der Waals surface area contributed by atoms with Crippen molar-refractivity contribution >= 4 is 57.3 Å². The molecule has 0 saturated carbocycles. The largest absolute Gasteiger partial charge is 0.323 e. The van der Waals surface area contributed by atoms with Gasteiger partial charge in [-0.15, -0.1) is 11.3 Å². The van der Waals surface area contributed by atoms with E-state index in [2.05, 4.69) is 4.98 Å². The van der Waals surface area contributed by atoms with Crippen LogP contribution in [0.25, 0.3) is 10.2 Å². The molecule has 0 aliphatic carbocycles. The highest BCUT2D eigenvalue weighted by molar-refractivity contribution is 8.06. The maximum absolute atomic E-state index is 12.4. The molecule has 3 rings (SSSR count). The van der Waals surface area contributed by atoms with Crippen molar-refractivity contribution in [1.82, 2.24) is 9.55 Å². The van der Waals surface area contributed by atoms with Crippen molar-refractivity contribution in [2.45, 2.75) is 11.8 Å². The van der Waals surface area contributed by atoms with Gasteiger partial charge >= 0.3 is 0 Å². The fourth-order valence-corrected chi connectivity index (χ4v) is 5.74. The summed E-state index contributed by atoms with van der Waals surface area (Å²) < 4.78 is 2.26. The smallest absolute Gasteiger partial charge is 0.263 e. The summed E-state index contributed by atoms with van der Waals surface area (Å²) in [6.45, 7) is 0.720. The molecule has 1 saturated heterocycles. The van der Waals surface area contributed by atoms with Crippen molar-refractivity contribution in [2.24, 2.45) is 0 Å². The van der Waals surface area contributed by atoms with Gasteiger partial charge in [-0.25, -0.2) is 0 Å². The molecule has 0 amide bonds. The highest BCUT2D eigenvalue weighted by atomic mass is 32.2. The molecular formula is C11H12N2OS4. The SMILES string of the molecule is O=c1c2ccsc2[nH]c(=S)n1CC1CSCCS1. The van der Waals surface area contributed by atoms with Crippen LogP contribution in [-0.4, -0.2) is 32.1 Å². The van der Waals surface area contributed by atoms with Gasteiger partial charge in [0.05, 0.1) is 5.39 Å². The number of nitrogens with zero attached hydrogens (tertiary/aromatic N) is 1. The van der Waals surface area contributed by atoms with Gasteiger partial charge in [0.1, 0.15) is 4.83 Å². The van der Waals surface area contributed by atoms with Crippen molar-refractivity contribution < 1.29 is 0 Å². The second-order valence-corrected chi connectivity index (χ2v) is 7.94. The Morgan fingerprint density at radius 3 is 3.17 bits per heavy atom. The van der Waals surface area contributed by atoms with Crippen LogP contribution < -0.4 is 5.56 Å². The third-order valence-corrected chi connectivity index (χ3v) is 6.86. The lowest BCUT2D eigenvalue weighted by atomic mass is 10.4. The average molecular weight is 316 g/mol. The number of aromatic amines is 1. The standard InChI is InChI=1S/C11H12N2OS4/c14-10-8-1-2-18-9(8)12-11(15)13(10)5-7-6-16-3-4-17-7/h1-2,7H,3-6H2,(H,12,15). The first-order valence-corrected chi connectivity index (χ1v) is 9.14. The van der Waals surface area contributed by atoms with Crippen molar-refractivity contribution in [3.05, 3.63) is 26.6 Å². The molecule has 1 fully saturated rings. The lowest BCUT2D eigenvalue weighted by Gasteiger charge is -2.21. The van der Waals surface area contributed by atoms with Crippen LogP contribution in [0.5, 0.6) is 0 Å². The van der Waals surface area contributed by atoms with Crippen LogP contribution in [0.15, 0.2) is 16.2 Å². The molecule has 1 aliphatic heterocycles. The molecule has 3 heterocycles. The summed E-state index contributed by atoms with van der Waals surface area (Å²) in [5.41, 5.74) is 0.0474. The van der Waals surface area contributed by atoms with Crippen LogP contribution in [0.2, 0.25) is 0 Å². The van der Waals surface area contributed by atoms with E-state index in [-0.39, 0.29) is 5.56 Å². The molecule has 2 aromatic heterocycles. The Morgan fingerprint density at radius 1 is 1.50 bits per heavy atom. The molecule has 0 spiro atoms. The summed E-state index contributed by atoms with van der Waals surface area (Å²) in [5, 5.41) is 3.17. The summed E-state index contributed by atoms with van der Waals surface area (Å²) in [6, 6.07) is 1.87. The number of fused-ring (bicyclic) bond motifs is 1. The van der Waals surface area contributed by atoms with Gasteiger partial charge in [0.15, 0.2) is 4.77 Å². The van der Waals surface area contributed by atoms with Gasteiger partial charge < -0.3 is 4.98 Å². The van der Waals surface area contributed by atoms with Crippen LogP contribution in [0.1, 0.15) is 0 Å². The zero-order chi connectivity index (χ0) is 12.5. The summed E-state index contributed by atoms with van der Waals surface area (Å²) in [4.78, 5) is 16.4. The molecule has 2 aromatic rings. The molecule has 0 aromatic carbocycles. The quantitative estimate of drug-likeness (QED) is 0.865. The average Bonchev–Trinajstić information content (AvgIpc) is 2.84. The molecule has 0 radical (unpaired) electrons. The maximum atomic E-state index is 12.4. The van der Waals surface area contributed by atoms with E-state index >= 15 is 0 Å². The predicted octanol–water partition coefficient (Wildman–Crippen LogP) is 2.97. The molecule has 0 bridgehead atoms. The minimum absolute atomic E-state index is 0.0474. The fourth-order valence-electron chi connectivity index (χ4n) is 1.99. The Labute approximate surface area is 122 Å². The number of hydrogen-bond donors (Lipinski definition) is 1. The highest BCUT2D eigenvalue weighted by Gasteiger charge is 2.17. The van der Waals surface area contributed by atoms with E-state index in [0.717, 1.165) is 22.5 Å². The molecular weight excluding hydrogens is 304 g/mol. The normalized spacial score (nSPS) is 20.3. The van der Waals surface area contributed by atoms with Crippen molar-refractivity contribution in [2.75, 3.05) is 17.3 Å². The van der Waals surface area contributed by atoms with Gasteiger partial charge in [-0.2, -0.15) is 23.5 Å². The zero-order valence-electron chi connectivity index (χ0n) is 9.55. The molecule has 96 valence electrons. The molecule has 18 heavy (non-hydrogen) atoms. The van der Waals surface area contributed by atoms with Crippen LogP contribution in [0.4, 0.5) is 0 Å². The number of hydrogen-bond acceptors (Lipinski definition) is 5. The minimum Gasteiger partial charge on any atom is -0.323 e. The summed E-state index contributed by atoms with van der Waals surface area (Å²) in [6.07, 6.45) is 0. The number of H-pyrrole nitrogens is 1. The van der Waals surface area contributed by atoms with Crippen LogP contribution in [0, 0.1) is 4.77 Å². The minimum atomic E-state index is 0.0474. The second-order valence-electron chi connectivity index (χ2n) is 4.08. The van der Waals surface area contributed by atoms with E-state index in [1.54, 1.807) is 4.57 Å². The first-order chi connectivity index (χ1) is 8.75. The van der Waals surface area contributed by atoms with Gasteiger partial charge in [0, 0.05) is 29.1 Å². The van der Waals surface area contributed by atoms with Crippen molar-refractivity contribution in [3.63, 3.8) is 0 Å². The summed E-state index contributed by atoms with van der Waals surface area (Å²) >= 11 is 10.7. The Hall–Kier alpha value is -0.240. The second kappa shape index (κ2) is 5.40. The molecule has 3 nitrogen and oxygen atoms in total. The Bertz CT molecular complexity index is 665. The van der Waals surface area contributed by atoms with Crippen LogP contribution >= 0.6 is 47.1 Å². The molecule has 1 atom stereocenters. The fraction of sp³-hybridized carbons (Fsp3) is 0.455. The predicted molar refractivity (Wildman–Crippen MR) is 84.8 cm³/mol. The van der Waals surface area contributed by atoms with E-state index < -0.39 is 0 Å². The topological polar surface area (TPSA) is 37.8 Å². The van der Waals surface area contributed by atoms with E-state index in [0.29, 0.717) is 10.0 Å². The van der Waals surface area contributed by atoms with Gasteiger partial charge in [0.25, 0.3) is 5.56 Å². The summed E-state index contributed by atoms with van der Waals surface area (Å²) in [5.74, 6) is 3.49. The number of rotatable bonds is 2. The first kappa shape index (κ1) is 12.8. The molecule has 1 aliphatic rings. The highest BCUT2D eigenvalue weighted by Crippen LogP contribution is 2.25. The lowest BCUT2D eigenvalue weighted by molar-refractivity contribution is 0.652. The number of nitrogens with one attached hydrogen (secondary N) is 1. The monoisotopic (exact) mass is 316 g/mol. The van der Waals surface area contributed by atoms with Crippen molar-refractivity contribution in [1.29, 1.82) is 0 Å². The Balaban J connectivity index is 2.00. The first-order valence-electron chi connectivity index (χ1n) is 5.65. The Morgan fingerprint density at radius 2 is 2.39 bits per heavy atom. The zero-order valence-corrected chi connectivity index (χ0v) is 12.8. The number of thioether (sulfide) groups is 2. The van der Waals surface area contributed by atoms with Crippen LogP contribution in [-0.2, 0) is 6.54 Å². The van der Waals surface area contributed by atoms with Gasteiger partial charge in [-0.05, 0) is 23.7 Å². The van der Waals surface area contributed by atoms with E-state index in [9.17, 15) is 4.79 Å². The van der Waals surface area contributed by atoms with E-state index in [1.165, 1.54) is 22.8 Å². The molecule has 7 heteroatoms. The van der Waals surface area contributed by atoms with Crippen LogP contribution in [0.3, 0.4) is 0 Å². The van der Waals surface area contributed by atoms with Gasteiger partial charge in [0.2, 0.25) is 0 Å². The van der Waals surface area contributed by atoms with Crippen molar-refractivity contribution in [3.8, 4) is 0 Å². The number of aromatic nitrogens is 2. The van der Waals surface area contributed by atoms with E-state index in [1.807, 2.05) is 35.0 Å². The lowest BCUT2D eigenvalue weighted by Crippen LogP contribution is -2.29. The van der Waals surface area contributed by atoms with Gasteiger partial charge in [-0.1, -0.05) is 0 Å². The van der Waals surface area contributed by atoms with E-state index in [4.69, 9.17) is 12.2 Å².